The van der Waals surface area contributed by atoms with Crippen LogP contribution in [0.25, 0.3) is 10.2 Å². The molecule has 2 heterocycles. The van der Waals surface area contributed by atoms with Crippen molar-refractivity contribution in [2.45, 2.75) is 17.7 Å². The van der Waals surface area contributed by atoms with Crippen LogP contribution in [-0.4, -0.2) is 75.9 Å². The Morgan fingerprint density at radius 2 is 1.76 bits per heavy atom. The number of anilines is 1. The number of rotatable bonds is 8. The second-order valence-corrected chi connectivity index (χ2v) is 11.2. The number of likely N-dealkylation sites (N-methyl/N-ethyl adjacent to an activating group) is 1. The van der Waals surface area contributed by atoms with Crippen molar-refractivity contribution in [1.82, 2.24) is 14.2 Å². The number of carbonyl (C=O) groups excluding carboxylic acids is 1. The predicted molar refractivity (Wildman–Crippen MR) is 138 cm³/mol. The van der Waals surface area contributed by atoms with Gasteiger partial charge >= 0.3 is 0 Å². The summed E-state index contributed by atoms with van der Waals surface area (Å²) in [6, 6.07) is 11.8. The van der Waals surface area contributed by atoms with E-state index in [9.17, 15) is 13.2 Å². The average Bonchev–Trinajstić information content (AvgIpc) is 3.49. The molecule has 2 aromatic carbocycles. The van der Waals surface area contributed by atoms with Crippen molar-refractivity contribution >= 4 is 55.0 Å². The zero-order chi connectivity index (χ0) is 23.6. The van der Waals surface area contributed by atoms with Gasteiger partial charge in [0.1, 0.15) is 5.75 Å². The number of hydrogen-bond acceptors (Lipinski definition) is 7. The number of thiazole rings is 1. The molecule has 0 aliphatic carbocycles. The summed E-state index contributed by atoms with van der Waals surface area (Å²) < 4.78 is 33.3. The van der Waals surface area contributed by atoms with E-state index in [4.69, 9.17) is 4.74 Å². The molecular weight excluding hydrogens is 496 g/mol. The van der Waals surface area contributed by atoms with Crippen LogP contribution in [0.15, 0.2) is 47.4 Å². The Hall–Kier alpha value is -2.24. The number of sulfonamides is 1. The molecule has 0 bridgehead atoms. The van der Waals surface area contributed by atoms with Crippen molar-refractivity contribution in [2.75, 3.05) is 52.3 Å². The Morgan fingerprint density at radius 1 is 1.09 bits per heavy atom. The largest absolute Gasteiger partial charge is 0.497 e. The summed E-state index contributed by atoms with van der Waals surface area (Å²) in [5.74, 6) is 0.520. The molecule has 0 saturated carbocycles. The molecule has 0 unspecified atom stereocenters. The van der Waals surface area contributed by atoms with Gasteiger partial charge in [0.2, 0.25) is 10.0 Å². The number of fused-ring (bicyclic) bond motifs is 1. The fourth-order valence-corrected chi connectivity index (χ4v) is 6.26. The second kappa shape index (κ2) is 11.0. The fraction of sp³-hybridized carbons (Fsp3) is 0.391. The van der Waals surface area contributed by atoms with Crippen LogP contribution in [0, 0.1) is 0 Å². The van der Waals surface area contributed by atoms with Crippen LogP contribution in [0.1, 0.15) is 23.2 Å². The van der Waals surface area contributed by atoms with Crippen LogP contribution in [-0.2, 0) is 10.0 Å². The molecule has 4 rings (SSSR count). The minimum atomic E-state index is -3.52. The Labute approximate surface area is 210 Å². The molecule has 0 atom stereocenters. The summed E-state index contributed by atoms with van der Waals surface area (Å²) in [5, 5.41) is 0.596. The third kappa shape index (κ3) is 5.52. The van der Waals surface area contributed by atoms with Gasteiger partial charge in [-0.15, -0.1) is 12.4 Å². The van der Waals surface area contributed by atoms with Gasteiger partial charge in [0.05, 0.1) is 22.2 Å². The second-order valence-electron chi connectivity index (χ2n) is 8.23. The van der Waals surface area contributed by atoms with E-state index in [1.165, 1.54) is 27.8 Å². The minimum Gasteiger partial charge on any atom is -0.497 e. The molecule has 0 radical (unpaired) electrons. The van der Waals surface area contributed by atoms with Crippen LogP contribution in [0.3, 0.4) is 0 Å². The lowest BCUT2D eigenvalue weighted by Crippen LogP contribution is -2.36. The van der Waals surface area contributed by atoms with Crippen molar-refractivity contribution in [2.24, 2.45) is 0 Å². The number of ether oxygens (including phenoxy) is 1. The Balaban J connectivity index is 0.00000324. The maximum atomic E-state index is 13.5. The molecule has 1 aliphatic heterocycles. The van der Waals surface area contributed by atoms with Crippen molar-refractivity contribution < 1.29 is 17.9 Å². The smallest absolute Gasteiger partial charge is 0.260 e. The van der Waals surface area contributed by atoms with E-state index in [1.807, 2.05) is 37.2 Å². The molecular formula is C23H29ClN4O4S2. The van der Waals surface area contributed by atoms with Gasteiger partial charge in [0.15, 0.2) is 5.13 Å². The lowest BCUT2D eigenvalue weighted by Gasteiger charge is -2.22. The molecule has 11 heteroatoms. The van der Waals surface area contributed by atoms with Gasteiger partial charge in [0.25, 0.3) is 5.91 Å². The standard InChI is InChI=1S/C23H28N4O4S2.ClH/c1-25(2)14-15-27(23-24-20-11-8-18(31-3)16-21(20)32-23)22(28)17-6-9-19(10-7-17)33(29,30)26-12-4-5-13-26;/h6-11,16H,4-5,12-15H2,1-3H3;1H. The van der Waals surface area contributed by atoms with E-state index in [0.717, 1.165) is 28.8 Å². The fourth-order valence-electron chi connectivity index (χ4n) is 3.72. The van der Waals surface area contributed by atoms with Crippen molar-refractivity contribution in [3.8, 4) is 5.75 Å². The predicted octanol–water partition coefficient (Wildman–Crippen LogP) is 3.72. The van der Waals surface area contributed by atoms with Crippen molar-refractivity contribution in [3.63, 3.8) is 0 Å². The highest BCUT2D eigenvalue weighted by Crippen LogP contribution is 2.32. The van der Waals surface area contributed by atoms with Crippen molar-refractivity contribution in [1.29, 1.82) is 0 Å². The number of hydrogen-bond donors (Lipinski definition) is 0. The van der Waals surface area contributed by atoms with Gasteiger partial charge in [-0.2, -0.15) is 4.31 Å². The maximum Gasteiger partial charge on any atom is 0.260 e. The summed E-state index contributed by atoms with van der Waals surface area (Å²) in [6.45, 7) is 2.20. The van der Waals surface area contributed by atoms with Gasteiger partial charge < -0.3 is 9.64 Å². The van der Waals surface area contributed by atoms with Gasteiger partial charge in [-0.3, -0.25) is 9.69 Å². The maximum absolute atomic E-state index is 13.5. The van der Waals surface area contributed by atoms with Gasteiger partial charge in [0, 0.05) is 31.7 Å². The summed E-state index contributed by atoms with van der Waals surface area (Å²) in [4.78, 5) is 22.0. The normalized spacial score (nSPS) is 14.4. The van der Waals surface area contributed by atoms with E-state index in [2.05, 4.69) is 4.98 Å². The molecule has 184 valence electrons. The zero-order valence-electron chi connectivity index (χ0n) is 19.4. The number of amides is 1. The lowest BCUT2D eigenvalue weighted by atomic mass is 10.2. The molecule has 8 nitrogen and oxygen atoms in total. The van der Waals surface area contributed by atoms with Crippen LogP contribution in [0.5, 0.6) is 5.75 Å². The third-order valence-corrected chi connectivity index (χ3v) is 8.59. The van der Waals surface area contributed by atoms with E-state index in [1.54, 1.807) is 24.1 Å². The van der Waals surface area contributed by atoms with Gasteiger partial charge in [-0.25, -0.2) is 13.4 Å². The molecule has 34 heavy (non-hydrogen) atoms. The van der Waals surface area contributed by atoms with Gasteiger partial charge in [-0.05, 0) is 69.4 Å². The summed E-state index contributed by atoms with van der Waals surface area (Å²) in [5.41, 5.74) is 1.22. The zero-order valence-corrected chi connectivity index (χ0v) is 21.9. The molecule has 1 aliphatic rings. The molecule has 1 saturated heterocycles. The summed E-state index contributed by atoms with van der Waals surface area (Å²) in [6.07, 6.45) is 1.76. The molecule has 1 fully saturated rings. The van der Waals surface area contributed by atoms with E-state index in [-0.39, 0.29) is 23.2 Å². The first-order chi connectivity index (χ1) is 15.8. The highest BCUT2D eigenvalue weighted by atomic mass is 35.5. The molecule has 3 aromatic rings. The first-order valence-electron chi connectivity index (χ1n) is 10.8. The van der Waals surface area contributed by atoms with Gasteiger partial charge in [-0.1, -0.05) is 11.3 Å². The van der Waals surface area contributed by atoms with E-state index >= 15 is 0 Å². The Kier molecular flexibility index (Phi) is 8.53. The number of nitrogens with zero attached hydrogens (tertiary/aromatic N) is 4. The SMILES string of the molecule is COc1ccc2nc(N(CCN(C)C)C(=O)c3ccc(S(=O)(=O)N4CCCC4)cc3)sc2c1.Cl. The average molecular weight is 525 g/mol. The quantitative estimate of drug-likeness (QED) is 0.446. The summed E-state index contributed by atoms with van der Waals surface area (Å²) in [7, 11) is 1.99. The van der Waals surface area contributed by atoms with Crippen molar-refractivity contribution in [3.05, 3.63) is 48.0 Å². The molecule has 0 N–H and O–H groups in total. The van der Waals surface area contributed by atoms with Crippen LogP contribution in [0.2, 0.25) is 0 Å². The highest BCUT2D eigenvalue weighted by molar-refractivity contribution is 7.89. The topological polar surface area (TPSA) is 83.0 Å². The monoisotopic (exact) mass is 524 g/mol. The number of aromatic nitrogens is 1. The van der Waals surface area contributed by atoms with E-state index in [0.29, 0.717) is 36.9 Å². The van der Waals surface area contributed by atoms with E-state index < -0.39 is 10.0 Å². The first-order valence-corrected chi connectivity index (χ1v) is 13.1. The molecule has 1 amide bonds. The minimum absolute atomic E-state index is 0. The first kappa shape index (κ1) is 26.4. The summed E-state index contributed by atoms with van der Waals surface area (Å²) >= 11 is 1.43. The molecule has 1 aromatic heterocycles. The molecule has 0 spiro atoms. The van der Waals surface area contributed by atoms with Crippen LogP contribution >= 0.6 is 23.7 Å². The van der Waals surface area contributed by atoms with Crippen LogP contribution in [0.4, 0.5) is 5.13 Å². The number of methoxy groups -OCH3 is 1. The lowest BCUT2D eigenvalue weighted by molar-refractivity contribution is 0.0985. The number of carbonyl (C=O) groups is 1. The highest BCUT2D eigenvalue weighted by Gasteiger charge is 2.28. The Morgan fingerprint density at radius 3 is 2.38 bits per heavy atom. The third-order valence-electron chi connectivity index (χ3n) is 5.64. The number of halogens is 1. The Bertz CT molecular complexity index is 1240. The van der Waals surface area contributed by atoms with Crippen LogP contribution < -0.4 is 9.64 Å². The number of benzene rings is 2.